The largest absolute Gasteiger partial charge is 0.472 e. The number of rotatable bonds is 5. The van der Waals surface area contributed by atoms with E-state index in [0.717, 1.165) is 30.3 Å². The Labute approximate surface area is 157 Å². The zero-order valence-electron chi connectivity index (χ0n) is 15.2. The molecule has 0 aliphatic carbocycles. The Hall–Kier alpha value is -3.09. The third-order valence-electron chi connectivity index (χ3n) is 4.79. The Balaban J connectivity index is 1.40. The fourth-order valence-electron chi connectivity index (χ4n) is 3.45. The summed E-state index contributed by atoms with van der Waals surface area (Å²) >= 11 is 0. The zero-order valence-corrected chi connectivity index (χ0v) is 15.2. The van der Waals surface area contributed by atoms with Crippen LogP contribution in [0.2, 0.25) is 0 Å². The van der Waals surface area contributed by atoms with E-state index in [1.165, 1.54) is 7.11 Å². The number of fused-ring (bicyclic) bond motifs is 1. The van der Waals surface area contributed by atoms with E-state index < -0.39 is 0 Å². The molecule has 1 aliphatic heterocycles. The Morgan fingerprint density at radius 3 is 3.04 bits per heavy atom. The van der Waals surface area contributed by atoms with Crippen molar-refractivity contribution in [3.8, 4) is 11.9 Å². The number of hydrogen-bond donors (Lipinski definition) is 0. The fourth-order valence-corrected chi connectivity index (χ4v) is 3.45. The lowest BCUT2D eigenvalue weighted by atomic mass is 10.1. The number of benzene rings is 1. The number of methoxy groups -OCH3 is 1. The molecule has 2 aromatic heterocycles. The van der Waals surface area contributed by atoms with Crippen molar-refractivity contribution >= 4 is 16.8 Å². The molecule has 1 unspecified atom stereocenters. The quantitative estimate of drug-likeness (QED) is 0.694. The average molecular weight is 366 g/mol. The molecule has 1 aliphatic rings. The Morgan fingerprint density at radius 2 is 2.15 bits per heavy atom. The summed E-state index contributed by atoms with van der Waals surface area (Å²) in [7, 11) is 1.52. The number of carbonyl (C=O) groups is 1. The first kappa shape index (κ1) is 17.3. The molecule has 1 fully saturated rings. The molecule has 7 heteroatoms. The highest BCUT2D eigenvalue weighted by Gasteiger charge is 2.25. The highest BCUT2D eigenvalue weighted by molar-refractivity contribution is 5.83. The number of nitrogens with zero attached hydrogens (tertiary/aromatic N) is 4. The van der Waals surface area contributed by atoms with E-state index in [1.54, 1.807) is 12.3 Å². The molecule has 4 rings (SSSR count). The van der Waals surface area contributed by atoms with E-state index >= 15 is 0 Å². The molecule has 27 heavy (non-hydrogen) atoms. The van der Waals surface area contributed by atoms with Crippen molar-refractivity contribution < 1.29 is 14.3 Å². The minimum Gasteiger partial charge on any atom is -0.472 e. The van der Waals surface area contributed by atoms with Gasteiger partial charge in [-0.15, -0.1) is 0 Å². The first-order chi connectivity index (χ1) is 13.2. The molecule has 1 amide bonds. The number of piperidine rings is 1. The number of hydrogen-bond acceptors (Lipinski definition) is 5. The summed E-state index contributed by atoms with van der Waals surface area (Å²) < 4.78 is 13.0. The van der Waals surface area contributed by atoms with Crippen molar-refractivity contribution in [1.29, 1.82) is 0 Å². The summed E-state index contributed by atoms with van der Waals surface area (Å²) in [5.74, 6) is 0.572. The summed E-state index contributed by atoms with van der Waals surface area (Å²) in [4.78, 5) is 22.9. The van der Waals surface area contributed by atoms with Crippen LogP contribution in [0.1, 0.15) is 12.8 Å². The van der Waals surface area contributed by atoms with E-state index in [4.69, 9.17) is 9.47 Å². The SMILES string of the molecule is COc1nccc(OC2CCCN(C(=O)Cn3ccc4ccccc43)C2)n1. The molecule has 0 radical (unpaired) electrons. The van der Waals surface area contributed by atoms with E-state index in [-0.39, 0.29) is 18.0 Å². The summed E-state index contributed by atoms with van der Waals surface area (Å²) in [6.07, 6.45) is 5.29. The summed E-state index contributed by atoms with van der Waals surface area (Å²) in [5, 5.41) is 1.14. The summed E-state index contributed by atoms with van der Waals surface area (Å²) in [5.41, 5.74) is 1.07. The van der Waals surface area contributed by atoms with Gasteiger partial charge in [0, 0.05) is 30.5 Å². The zero-order chi connectivity index (χ0) is 18.6. The lowest BCUT2D eigenvalue weighted by Gasteiger charge is -2.32. The van der Waals surface area contributed by atoms with Crippen molar-refractivity contribution in [2.24, 2.45) is 0 Å². The molecule has 0 N–H and O–H groups in total. The van der Waals surface area contributed by atoms with Crippen molar-refractivity contribution in [2.75, 3.05) is 20.2 Å². The predicted molar refractivity (Wildman–Crippen MR) is 101 cm³/mol. The highest BCUT2D eigenvalue weighted by Crippen LogP contribution is 2.19. The second-order valence-corrected chi connectivity index (χ2v) is 6.61. The third-order valence-corrected chi connectivity index (χ3v) is 4.79. The Bertz CT molecular complexity index is 940. The van der Waals surface area contributed by atoms with Gasteiger partial charge >= 0.3 is 6.01 Å². The van der Waals surface area contributed by atoms with Gasteiger partial charge in [-0.05, 0) is 30.4 Å². The third kappa shape index (κ3) is 3.86. The number of likely N-dealkylation sites (tertiary alicyclic amines) is 1. The van der Waals surface area contributed by atoms with Crippen LogP contribution in [-0.2, 0) is 11.3 Å². The lowest BCUT2D eigenvalue weighted by Crippen LogP contribution is -2.45. The van der Waals surface area contributed by atoms with Crippen LogP contribution in [0, 0.1) is 0 Å². The molecule has 1 saturated heterocycles. The molecule has 1 atom stereocenters. The van der Waals surface area contributed by atoms with Gasteiger partial charge in [0.15, 0.2) is 0 Å². The summed E-state index contributed by atoms with van der Waals surface area (Å²) in [6.45, 7) is 1.65. The highest BCUT2D eigenvalue weighted by atomic mass is 16.5. The molecule has 0 bridgehead atoms. The molecule has 3 heterocycles. The van der Waals surface area contributed by atoms with Crippen LogP contribution < -0.4 is 9.47 Å². The molecular weight excluding hydrogens is 344 g/mol. The van der Waals surface area contributed by atoms with Crippen LogP contribution in [0.3, 0.4) is 0 Å². The first-order valence-electron chi connectivity index (χ1n) is 9.08. The monoisotopic (exact) mass is 366 g/mol. The fraction of sp³-hybridized carbons (Fsp3) is 0.350. The van der Waals surface area contributed by atoms with Gasteiger partial charge in [0.2, 0.25) is 11.8 Å². The van der Waals surface area contributed by atoms with Gasteiger partial charge in [-0.25, -0.2) is 4.98 Å². The van der Waals surface area contributed by atoms with Crippen LogP contribution in [0.25, 0.3) is 10.9 Å². The minimum atomic E-state index is -0.0799. The maximum atomic E-state index is 12.8. The van der Waals surface area contributed by atoms with E-state index in [2.05, 4.69) is 16.0 Å². The van der Waals surface area contributed by atoms with Crippen molar-refractivity contribution in [1.82, 2.24) is 19.4 Å². The van der Waals surface area contributed by atoms with Gasteiger partial charge in [0.05, 0.1) is 13.7 Å². The lowest BCUT2D eigenvalue weighted by molar-refractivity contribution is -0.134. The van der Waals surface area contributed by atoms with E-state index in [1.807, 2.05) is 39.9 Å². The van der Waals surface area contributed by atoms with Crippen LogP contribution in [0.5, 0.6) is 11.9 Å². The molecule has 1 aromatic carbocycles. The standard InChI is InChI=1S/C20H22N4O3/c1-26-20-21-10-8-18(22-20)27-16-6-4-11-24(13-16)19(25)14-23-12-9-15-5-2-3-7-17(15)23/h2-3,5,7-10,12,16H,4,6,11,13-14H2,1H3. The maximum Gasteiger partial charge on any atom is 0.319 e. The van der Waals surface area contributed by atoms with Crippen molar-refractivity contribution in [3.63, 3.8) is 0 Å². The van der Waals surface area contributed by atoms with Gasteiger partial charge < -0.3 is 18.9 Å². The van der Waals surface area contributed by atoms with Crippen LogP contribution in [-0.4, -0.2) is 51.6 Å². The number of carbonyl (C=O) groups excluding carboxylic acids is 1. The van der Waals surface area contributed by atoms with Crippen LogP contribution in [0.15, 0.2) is 48.8 Å². The van der Waals surface area contributed by atoms with Crippen molar-refractivity contribution in [3.05, 3.63) is 48.8 Å². The van der Waals surface area contributed by atoms with E-state index in [9.17, 15) is 4.79 Å². The average Bonchev–Trinajstić information content (AvgIpc) is 3.11. The minimum absolute atomic E-state index is 0.0799. The molecule has 7 nitrogen and oxygen atoms in total. The molecule has 0 saturated carbocycles. The smallest absolute Gasteiger partial charge is 0.319 e. The van der Waals surface area contributed by atoms with Crippen LogP contribution in [0.4, 0.5) is 0 Å². The first-order valence-corrected chi connectivity index (χ1v) is 9.08. The molecule has 3 aromatic rings. The number of aromatic nitrogens is 3. The van der Waals surface area contributed by atoms with Gasteiger partial charge in [-0.3, -0.25) is 4.79 Å². The predicted octanol–water partition coefficient (Wildman–Crippen LogP) is 2.51. The van der Waals surface area contributed by atoms with Gasteiger partial charge in [-0.1, -0.05) is 18.2 Å². The maximum absolute atomic E-state index is 12.8. The number of ether oxygens (including phenoxy) is 2. The number of amides is 1. The second-order valence-electron chi connectivity index (χ2n) is 6.61. The normalized spacial score (nSPS) is 17.1. The Morgan fingerprint density at radius 1 is 1.26 bits per heavy atom. The summed E-state index contributed by atoms with van der Waals surface area (Å²) in [6, 6.07) is 12.1. The van der Waals surface area contributed by atoms with Gasteiger partial charge in [-0.2, -0.15) is 4.98 Å². The second kappa shape index (κ2) is 7.65. The molecule has 140 valence electrons. The number of para-hydroxylation sites is 1. The van der Waals surface area contributed by atoms with E-state index in [0.29, 0.717) is 19.0 Å². The molecular formula is C20H22N4O3. The Kier molecular flexibility index (Phi) is 4.91. The molecule has 0 spiro atoms. The van der Waals surface area contributed by atoms with Gasteiger partial charge in [0.1, 0.15) is 12.6 Å². The van der Waals surface area contributed by atoms with Crippen LogP contribution >= 0.6 is 0 Å². The topological polar surface area (TPSA) is 69.5 Å². The van der Waals surface area contributed by atoms with Crippen molar-refractivity contribution in [2.45, 2.75) is 25.5 Å². The van der Waals surface area contributed by atoms with Gasteiger partial charge in [0.25, 0.3) is 0 Å².